The fourth-order valence-electron chi connectivity index (χ4n) is 1.49. The fourth-order valence-corrected chi connectivity index (χ4v) is 1.75. The number of nitrogens with zero attached hydrogens (tertiary/aromatic N) is 1. The Bertz CT molecular complexity index is 375. The van der Waals surface area contributed by atoms with Crippen molar-refractivity contribution in [3.8, 4) is 5.75 Å². The predicted molar refractivity (Wildman–Crippen MR) is 65.3 cm³/mol. The lowest BCUT2D eigenvalue weighted by atomic mass is 10.2. The van der Waals surface area contributed by atoms with Crippen molar-refractivity contribution < 1.29 is 9.53 Å². The molecule has 0 heterocycles. The van der Waals surface area contributed by atoms with Crippen molar-refractivity contribution >= 4 is 17.5 Å². The van der Waals surface area contributed by atoms with Gasteiger partial charge in [0.2, 0.25) is 0 Å². The van der Waals surface area contributed by atoms with Gasteiger partial charge in [-0.1, -0.05) is 11.6 Å². The summed E-state index contributed by atoms with van der Waals surface area (Å²) in [6.07, 6.45) is 0. The normalized spacial score (nSPS) is 10.0. The Hall–Kier alpha value is -1.22. The van der Waals surface area contributed by atoms with Crippen LogP contribution in [0.25, 0.3) is 0 Å². The van der Waals surface area contributed by atoms with E-state index >= 15 is 0 Å². The van der Waals surface area contributed by atoms with Gasteiger partial charge in [-0.15, -0.1) is 0 Å². The summed E-state index contributed by atoms with van der Waals surface area (Å²) in [5.41, 5.74) is 0.592. The van der Waals surface area contributed by atoms with Gasteiger partial charge in [0.1, 0.15) is 5.75 Å². The SMILES string of the molecule is CCN(CC)C(=O)c1ccc(OC)c(Cl)c1. The average Bonchev–Trinajstić information content (AvgIpc) is 2.30. The number of carbonyl (C=O) groups is 1. The molecule has 1 aromatic carbocycles. The van der Waals surface area contributed by atoms with Crippen LogP contribution >= 0.6 is 11.6 Å². The molecule has 0 saturated heterocycles. The first-order chi connectivity index (χ1) is 7.63. The van der Waals surface area contributed by atoms with Gasteiger partial charge in [-0.25, -0.2) is 0 Å². The fraction of sp³-hybridized carbons (Fsp3) is 0.417. The van der Waals surface area contributed by atoms with Crippen molar-refractivity contribution in [3.05, 3.63) is 28.8 Å². The number of benzene rings is 1. The predicted octanol–water partition coefficient (Wildman–Crippen LogP) is 2.83. The minimum Gasteiger partial charge on any atom is -0.495 e. The first-order valence-electron chi connectivity index (χ1n) is 5.26. The van der Waals surface area contributed by atoms with E-state index in [1.54, 1.807) is 30.2 Å². The van der Waals surface area contributed by atoms with Gasteiger partial charge in [0.05, 0.1) is 12.1 Å². The van der Waals surface area contributed by atoms with Gasteiger partial charge in [0.15, 0.2) is 0 Å². The summed E-state index contributed by atoms with van der Waals surface area (Å²) >= 11 is 5.97. The average molecular weight is 242 g/mol. The van der Waals surface area contributed by atoms with E-state index in [1.807, 2.05) is 13.8 Å². The third-order valence-electron chi connectivity index (χ3n) is 2.45. The number of amides is 1. The largest absolute Gasteiger partial charge is 0.495 e. The van der Waals surface area contributed by atoms with Crippen LogP contribution in [0.3, 0.4) is 0 Å². The number of methoxy groups -OCH3 is 1. The molecule has 0 atom stereocenters. The minimum absolute atomic E-state index is 0.00504. The lowest BCUT2D eigenvalue weighted by Crippen LogP contribution is -2.30. The molecule has 0 spiro atoms. The molecular formula is C12H16ClNO2. The summed E-state index contributed by atoms with van der Waals surface area (Å²) in [6, 6.07) is 5.07. The number of hydrogen-bond donors (Lipinski definition) is 0. The molecule has 0 unspecified atom stereocenters. The summed E-state index contributed by atoms with van der Waals surface area (Å²) < 4.78 is 5.04. The Morgan fingerprint density at radius 2 is 2.00 bits per heavy atom. The van der Waals surface area contributed by atoms with Crippen molar-refractivity contribution in [2.24, 2.45) is 0 Å². The maximum Gasteiger partial charge on any atom is 0.253 e. The Morgan fingerprint density at radius 3 is 2.44 bits per heavy atom. The van der Waals surface area contributed by atoms with Crippen molar-refractivity contribution in [3.63, 3.8) is 0 Å². The van der Waals surface area contributed by atoms with Crippen LogP contribution in [-0.4, -0.2) is 31.0 Å². The smallest absolute Gasteiger partial charge is 0.253 e. The Labute approximate surface area is 101 Å². The van der Waals surface area contributed by atoms with Crippen LogP contribution in [0.4, 0.5) is 0 Å². The zero-order valence-electron chi connectivity index (χ0n) is 9.79. The first-order valence-corrected chi connectivity index (χ1v) is 5.64. The van der Waals surface area contributed by atoms with Crippen LogP contribution < -0.4 is 4.74 Å². The lowest BCUT2D eigenvalue weighted by Gasteiger charge is -2.18. The van der Waals surface area contributed by atoms with E-state index in [9.17, 15) is 4.79 Å². The maximum absolute atomic E-state index is 12.0. The lowest BCUT2D eigenvalue weighted by molar-refractivity contribution is 0.0773. The topological polar surface area (TPSA) is 29.5 Å². The second kappa shape index (κ2) is 5.75. The van der Waals surface area contributed by atoms with Gasteiger partial charge in [0.25, 0.3) is 5.91 Å². The molecule has 16 heavy (non-hydrogen) atoms. The quantitative estimate of drug-likeness (QED) is 0.811. The van der Waals surface area contributed by atoms with Crippen LogP contribution in [0.1, 0.15) is 24.2 Å². The Balaban J connectivity index is 2.96. The summed E-state index contributed by atoms with van der Waals surface area (Å²) in [5, 5.41) is 0.459. The molecule has 0 aliphatic rings. The second-order valence-electron chi connectivity index (χ2n) is 3.33. The van der Waals surface area contributed by atoms with E-state index in [0.717, 1.165) is 0 Å². The van der Waals surface area contributed by atoms with E-state index in [4.69, 9.17) is 16.3 Å². The van der Waals surface area contributed by atoms with Crippen LogP contribution in [0, 0.1) is 0 Å². The van der Waals surface area contributed by atoms with Crippen LogP contribution in [-0.2, 0) is 0 Å². The minimum atomic E-state index is -0.00504. The van der Waals surface area contributed by atoms with Crippen LogP contribution in [0.5, 0.6) is 5.75 Å². The summed E-state index contributed by atoms with van der Waals surface area (Å²) in [4.78, 5) is 13.7. The Kier molecular flexibility index (Phi) is 4.62. The van der Waals surface area contributed by atoms with Crippen molar-refractivity contribution in [1.29, 1.82) is 0 Å². The molecule has 1 aromatic rings. The van der Waals surface area contributed by atoms with E-state index in [0.29, 0.717) is 29.4 Å². The molecular weight excluding hydrogens is 226 g/mol. The molecule has 0 aliphatic carbocycles. The highest BCUT2D eigenvalue weighted by Crippen LogP contribution is 2.25. The van der Waals surface area contributed by atoms with E-state index in [1.165, 1.54) is 0 Å². The zero-order valence-corrected chi connectivity index (χ0v) is 10.5. The second-order valence-corrected chi connectivity index (χ2v) is 3.73. The maximum atomic E-state index is 12.0. The highest BCUT2D eigenvalue weighted by atomic mass is 35.5. The number of ether oxygens (including phenoxy) is 1. The van der Waals surface area contributed by atoms with Gasteiger partial charge < -0.3 is 9.64 Å². The molecule has 0 aliphatic heterocycles. The number of rotatable bonds is 4. The molecule has 0 radical (unpaired) electrons. The molecule has 3 nitrogen and oxygen atoms in total. The molecule has 1 amide bonds. The highest BCUT2D eigenvalue weighted by Gasteiger charge is 2.13. The number of hydrogen-bond acceptors (Lipinski definition) is 2. The first kappa shape index (κ1) is 12.8. The third kappa shape index (κ3) is 2.67. The molecule has 88 valence electrons. The van der Waals surface area contributed by atoms with Gasteiger partial charge in [-0.3, -0.25) is 4.79 Å². The van der Waals surface area contributed by atoms with Gasteiger partial charge in [-0.05, 0) is 32.0 Å². The molecule has 0 N–H and O–H groups in total. The molecule has 4 heteroatoms. The van der Waals surface area contributed by atoms with Crippen molar-refractivity contribution in [1.82, 2.24) is 4.90 Å². The molecule has 0 bridgehead atoms. The third-order valence-corrected chi connectivity index (χ3v) is 2.74. The van der Waals surface area contributed by atoms with Gasteiger partial charge in [-0.2, -0.15) is 0 Å². The van der Waals surface area contributed by atoms with E-state index < -0.39 is 0 Å². The molecule has 0 fully saturated rings. The highest BCUT2D eigenvalue weighted by molar-refractivity contribution is 6.32. The standard InChI is InChI=1S/C12H16ClNO2/c1-4-14(5-2)12(15)9-6-7-11(16-3)10(13)8-9/h6-8H,4-5H2,1-3H3. The number of carbonyl (C=O) groups excluding carboxylic acids is 1. The molecule has 0 saturated carbocycles. The van der Waals surface area contributed by atoms with Gasteiger partial charge >= 0.3 is 0 Å². The van der Waals surface area contributed by atoms with E-state index in [-0.39, 0.29) is 5.91 Å². The monoisotopic (exact) mass is 241 g/mol. The van der Waals surface area contributed by atoms with Crippen LogP contribution in [0.15, 0.2) is 18.2 Å². The van der Waals surface area contributed by atoms with Crippen molar-refractivity contribution in [2.45, 2.75) is 13.8 Å². The van der Waals surface area contributed by atoms with Crippen LogP contribution in [0.2, 0.25) is 5.02 Å². The summed E-state index contributed by atoms with van der Waals surface area (Å²) in [6.45, 7) is 5.29. The zero-order chi connectivity index (χ0) is 12.1. The number of halogens is 1. The van der Waals surface area contributed by atoms with Crippen molar-refractivity contribution in [2.75, 3.05) is 20.2 Å². The Morgan fingerprint density at radius 1 is 1.38 bits per heavy atom. The van der Waals surface area contributed by atoms with E-state index in [2.05, 4.69) is 0 Å². The molecule has 1 rings (SSSR count). The summed E-state index contributed by atoms with van der Waals surface area (Å²) in [7, 11) is 1.55. The van der Waals surface area contributed by atoms with Gasteiger partial charge in [0, 0.05) is 18.7 Å². The summed E-state index contributed by atoms with van der Waals surface area (Å²) in [5.74, 6) is 0.576. The molecule has 0 aromatic heterocycles.